The third-order valence-electron chi connectivity index (χ3n) is 6.04. The van der Waals surface area contributed by atoms with Crippen LogP contribution in [0.5, 0.6) is 11.5 Å². The summed E-state index contributed by atoms with van der Waals surface area (Å²) in [5.74, 6) is 2.36. The minimum atomic E-state index is -0.673. The predicted octanol–water partition coefficient (Wildman–Crippen LogP) is 3.13. The van der Waals surface area contributed by atoms with Crippen molar-refractivity contribution in [3.8, 4) is 11.5 Å². The Hall–Kier alpha value is -2.73. The number of ether oxygens (including phenoxy) is 2. The molecule has 0 radical (unpaired) electrons. The van der Waals surface area contributed by atoms with Crippen molar-refractivity contribution in [2.75, 3.05) is 44.8 Å². The van der Waals surface area contributed by atoms with Crippen LogP contribution in [-0.4, -0.2) is 61.9 Å². The summed E-state index contributed by atoms with van der Waals surface area (Å²) in [6.07, 6.45) is 3.12. The van der Waals surface area contributed by atoms with E-state index in [-0.39, 0.29) is 12.5 Å². The SMILES string of the molecule is COc1ccc(OCC(O)CN2CCC(=O)N(CC3CC3)CCc3ccccc32)cc1. The number of hydrogen-bond donors (Lipinski definition) is 1. The van der Waals surface area contributed by atoms with Crippen LogP contribution in [0.25, 0.3) is 0 Å². The smallest absolute Gasteiger partial charge is 0.224 e. The summed E-state index contributed by atoms with van der Waals surface area (Å²) < 4.78 is 10.9. The molecule has 2 aromatic rings. The van der Waals surface area contributed by atoms with Gasteiger partial charge in [-0.2, -0.15) is 0 Å². The number of fused-ring (bicyclic) bond motifs is 1. The summed E-state index contributed by atoms with van der Waals surface area (Å²) in [5.41, 5.74) is 2.33. The molecule has 6 nitrogen and oxygen atoms in total. The van der Waals surface area contributed by atoms with Gasteiger partial charge in [-0.3, -0.25) is 4.79 Å². The molecule has 1 heterocycles. The highest BCUT2D eigenvalue weighted by Crippen LogP contribution is 2.31. The number of anilines is 1. The van der Waals surface area contributed by atoms with E-state index in [9.17, 15) is 9.90 Å². The maximum Gasteiger partial charge on any atom is 0.224 e. The van der Waals surface area contributed by atoms with E-state index in [1.807, 2.05) is 41.3 Å². The molecule has 1 aliphatic heterocycles. The van der Waals surface area contributed by atoms with Gasteiger partial charge >= 0.3 is 0 Å². The molecule has 4 rings (SSSR count). The van der Waals surface area contributed by atoms with Crippen LogP contribution < -0.4 is 14.4 Å². The molecule has 0 spiro atoms. The van der Waals surface area contributed by atoms with E-state index in [1.54, 1.807) is 7.11 Å². The van der Waals surface area contributed by atoms with E-state index in [1.165, 1.54) is 18.4 Å². The normalized spacial score (nSPS) is 17.9. The van der Waals surface area contributed by atoms with E-state index in [0.29, 0.717) is 31.2 Å². The molecule has 1 atom stereocenters. The number of β-amino-alcohol motifs (C(OH)–C–C–N with tert-alkyl or cyclic N) is 1. The van der Waals surface area contributed by atoms with Crippen LogP contribution in [0, 0.1) is 5.92 Å². The molecular weight excluding hydrogens is 392 g/mol. The van der Waals surface area contributed by atoms with Gasteiger partial charge in [0.1, 0.15) is 24.2 Å². The average Bonchev–Trinajstić information content (AvgIpc) is 3.61. The van der Waals surface area contributed by atoms with Gasteiger partial charge in [-0.1, -0.05) is 18.2 Å². The van der Waals surface area contributed by atoms with Crippen LogP contribution in [-0.2, 0) is 11.2 Å². The zero-order chi connectivity index (χ0) is 21.6. The monoisotopic (exact) mass is 424 g/mol. The van der Waals surface area contributed by atoms with Crippen LogP contribution in [0.3, 0.4) is 0 Å². The molecule has 0 saturated heterocycles. The second-order valence-corrected chi connectivity index (χ2v) is 8.50. The zero-order valence-corrected chi connectivity index (χ0v) is 18.2. The number of methoxy groups -OCH3 is 1. The van der Waals surface area contributed by atoms with Gasteiger partial charge in [-0.25, -0.2) is 0 Å². The van der Waals surface area contributed by atoms with Crippen LogP contribution in [0.4, 0.5) is 5.69 Å². The van der Waals surface area contributed by atoms with Crippen molar-refractivity contribution in [2.45, 2.75) is 31.8 Å². The number of rotatable bonds is 8. The minimum Gasteiger partial charge on any atom is -0.497 e. The molecule has 1 unspecified atom stereocenters. The molecule has 1 N–H and O–H groups in total. The number of amides is 1. The zero-order valence-electron chi connectivity index (χ0n) is 18.2. The Morgan fingerprint density at radius 2 is 1.71 bits per heavy atom. The second kappa shape index (κ2) is 10.1. The first-order chi connectivity index (χ1) is 15.1. The van der Waals surface area contributed by atoms with Crippen molar-refractivity contribution >= 4 is 11.6 Å². The third kappa shape index (κ3) is 5.91. The van der Waals surface area contributed by atoms with Crippen molar-refractivity contribution in [1.29, 1.82) is 0 Å². The lowest BCUT2D eigenvalue weighted by Crippen LogP contribution is -2.39. The topological polar surface area (TPSA) is 62.2 Å². The average molecular weight is 425 g/mol. The van der Waals surface area contributed by atoms with Gasteiger partial charge in [0, 0.05) is 38.3 Å². The number of hydrogen-bond acceptors (Lipinski definition) is 5. The van der Waals surface area contributed by atoms with Gasteiger partial charge in [-0.05, 0) is 61.1 Å². The highest BCUT2D eigenvalue weighted by molar-refractivity contribution is 5.77. The fourth-order valence-corrected chi connectivity index (χ4v) is 4.09. The van der Waals surface area contributed by atoms with Crippen LogP contribution in [0.1, 0.15) is 24.8 Å². The van der Waals surface area contributed by atoms with Crippen molar-refractivity contribution in [2.24, 2.45) is 5.92 Å². The molecule has 166 valence electrons. The first-order valence-corrected chi connectivity index (χ1v) is 11.2. The lowest BCUT2D eigenvalue weighted by atomic mass is 10.1. The fraction of sp³-hybridized carbons (Fsp3) is 0.480. The Bertz CT molecular complexity index is 866. The Morgan fingerprint density at radius 1 is 1.00 bits per heavy atom. The molecule has 1 saturated carbocycles. The van der Waals surface area contributed by atoms with Crippen molar-refractivity contribution in [1.82, 2.24) is 4.90 Å². The maximum absolute atomic E-state index is 12.8. The predicted molar refractivity (Wildman–Crippen MR) is 121 cm³/mol. The lowest BCUT2D eigenvalue weighted by molar-refractivity contribution is -0.131. The summed E-state index contributed by atoms with van der Waals surface area (Å²) in [6.45, 7) is 2.86. The standard InChI is InChI=1S/C25H32N2O4/c1-30-22-8-10-23(11-9-22)31-18-21(28)17-26-15-13-25(29)27(16-19-6-7-19)14-12-20-4-2-3-5-24(20)26/h2-5,8-11,19,21,28H,6-7,12-18H2,1H3. The quantitative estimate of drug-likeness (QED) is 0.706. The number of benzene rings is 2. The van der Waals surface area contributed by atoms with Gasteiger partial charge in [0.25, 0.3) is 0 Å². The number of carbonyl (C=O) groups is 1. The van der Waals surface area contributed by atoms with Crippen LogP contribution in [0.15, 0.2) is 48.5 Å². The van der Waals surface area contributed by atoms with Crippen LogP contribution >= 0.6 is 0 Å². The molecule has 2 aliphatic rings. The molecular formula is C25H32N2O4. The number of carbonyl (C=O) groups excluding carboxylic acids is 1. The van der Waals surface area contributed by atoms with E-state index in [4.69, 9.17) is 9.47 Å². The number of aliphatic hydroxyl groups is 1. The molecule has 31 heavy (non-hydrogen) atoms. The van der Waals surface area contributed by atoms with Gasteiger partial charge in [0.05, 0.1) is 7.11 Å². The molecule has 1 fully saturated rings. The van der Waals surface area contributed by atoms with Crippen molar-refractivity contribution < 1.29 is 19.4 Å². The van der Waals surface area contributed by atoms with Crippen molar-refractivity contribution in [3.63, 3.8) is 0 Å². The summed E-state index contributed by atoms with van der Waals surface area (Å²) >= 11 is 0. The highest BCUT2D eigenvalue weighted by atomic mass is 16.5. The highest BCUT2D eigenvalue weighted by Gasteiger charge is 2.28. The third-order valence-corrected chi connectivity index (χ3v) is 6.04. The second-order valence-electron chi connectivity index (χ2n) is 8.50. The first kappa shape index (κ1) is 21.5. The fourth-order valence-electron chi connectivity index (χ4n) is 4.09. The van der Waals surface area contributed by atoms with Gasteiger partial charge in [-0.15, -0.1) is 0 Å². The largest absolute Gasteiger partial charge is 0.497 e. The van der Waals surface area contributed by atoms with E-state index in [0.717, 1.165) is 30.9 Å². The molecule has 6 heteroatoms. The van der Waals surface area contributed by atoms with Gasteiger partial charge < -0.3 is 24.4 Å². The maximum atomic E-state index is 12.8. The Kier molecular flexibility index (Phi) is 6.97. The summed E-state index contributed by atoms with van der Waals surface area (Å²) in [5, 5.41) is 10.7. The van der Waals surface area contributed by atoms with Crippen LogP contribution in [0.2, 0.25) is 0 Å². The molecule has 1 aliphatic carbocycles. The van der Waals surface area contributed by atoms with Crippen molar-refractivity contribution in [3.05, 3.63) is 54.1 Å². The number of aliphatic hydroxyl groups excluding tert-OH is 1. The molecule has 2 aromatic carbocycles. The summed E-state index contributed by atoms with van der Waals surface area (Å²) in [7, 11) is 1.62. The van der Waals surface area contributed by atoms with Gasteiger partial charge in [0.15, 0.2) is 0 Å². The molecule has 0 aromatic heterocycles. The van der Waals surface area contributed by atoms with E-state index in [2.05, 4.69) is 17.0 Å². The van der Waals surface area contributed by atoms with E-state index < -0.39 is 6.10 Å². The first-order valence-electron chi connectivity index (χ1n) is 11.2. The van der Waals surface area contributed by atoms with E-state index >= 15 is 0 Å². The minimum absolute atomic E-state index is 0.187. The molecule has 1 amide bonds. The molecule has 0 bridgehead atoms. The summed E-state index contributed by atoms with van der Waals surface area (Å²) in [4.78, 5) is 17.0. The Labute approximate surface area is 184 Å². The Balaban J connectivity index is 1.40. The van der Waals surface area contributed by atoms with Gasteiger partial charge in [0.2, 0.25) is 5.91 Å². The lowest BCUT2D eigenvalue weighted by Gasteiger charge is -2.28. The number of nitrogens with zero attached hydrogens (tertiary/aromatic N) is 2. The summed E-state index contributed by atoms with van der Waals surface area (Å²) in [6, 6.07) is 15.6. The number of para-hydroxylation sites is 1. The Morgan fingerprint density at radius 3 is 2.45 bits per heavy atom.